The summed E-state index contributed by atoms with van der Waals surface area (Å²) < 4.78 is 6.15. The number of nitrogens with two attached hydrogens (primary N) is 1. The molecule has 0 unspecified atom stereocenters. The van der Waals surface area contributed by atoms with Crippen molar-refractivity contribution in [3.8, 4) is 11.1 Å². The summed E-state index contributed by atoms with van der Waals surface area (Å²) in [6.07, 6.45) is 0. The SMILES string of the molecule is Nc1ccccc1Nc1ccc(-c2cccc3c2oc2ccccc23)cc1. The van der Waals surface area contributed by atoms with Crippen molar-refractivity contribution in [2.24, 2.45) is 0 Å². The van der Waals surface area contributed by atoms with Gasteiger partial charge < -0.3 is 15.5 Å². The van der Waals surface area contributed by atoms with Crippen LogP contribution in [0.2, 0.25) is 0 Å². The van der Waals surface area contributed by atoms with Crippen molar-refractivity contribution in [3.63, 3.8) is 0 Å². The van der Waals surface area contributed by atoms with E-state index in [0.29, 0.717) is 0 Å². The molecule has 0 saturated heterocycles. The van der Waals surface area contributed by atoms with Gasteiger partial charge in [-0.25, -0.2) is 0 Å². The summed E-state index contributed by atoms with van der Waals surface area (Å²) in [7, 11) is 0. The Hall–Kier alpha value is -3.72. The van der Waals surface area contributed by atoms with Crippen LogP contribution >= 0.6 is 0 Å². The highest BCUT2D eigenvalue weighted by atomic mass is 16.3. The van der Waals surface area contributed by atoms with Crippen LogP contribution in [0.5, 0.6) is 0 Å². The maximum atomic E-state index is 6.15. The monoisotopic (exact) mass is 350 g/mol. The van der Waals surface area contributed by atoms with Crippen LogP contribution < -0.4 is 11.1 Å². The molecule has 1 heterocycles. The van der Waals surface area contributed by atoms with Gasteiger partial charge in [-0.2, -0.15) is 0 Å². The molecule has 3 N–H and O–H groups in total. The third-order valence-electron chi connectivity index (χ3n) is 4.84. The second-order valence-corrected chi connectivity index (χ2v) is 6.57. The van der Waals surface area contributed by atoms with Crippen LogP contribution in [0.3, 0.4) is 0 Å². The standard InChI is InChI=1S/C24H18N2O/c25-21-9-2-3-10-22(21)26-17-14-12-16(13-15-17)18-7-5-8-20-19-6-1-4-11-23(19)27-24(18)20/h1-15,26H,25H2. The summed E-state index contributed by atoms with van der Waals surface area (Å²) in [6.45, 7) is 0. The lowest BCUT2D eigenvalue weighted by Crippen LogP contribution is -1.95. The molecule has 0 aliphatic rings. The molecule has 3 heteroatoms. The average Bonchev–Trinajstić information content (AvgIpc) is 3.09. The predicted octanol–water partition coefficient (Wildman–Crippen LogP) is 6.58. The molecule has 27 heavy (non-hydrogen) atoms. The number of nitrogens with one attached hydrogen (secondary N) is 1. The van der Waals surface area contributed by atoms with Crippen molar-refractivity contribution in [3.05, 3.63) is 91.0 Å². The molecule has 4 aromatic carbocycles. The van der Waals surface area contributed by atoms with E-state index in [-0.39, 0.29) is 0 Å². The third kappa shape index (κ3) is 2.70. The van der Waals surface area contributed by atoms with Crippen molar-refractivity contribution < 1.29 is 4.42 Å². The lowest BCUT2D eigenvalue weighted by atomic mass is 10.0. The van der Waals surface area contributed by atoms with Gasteiger partial charge in [-0.15, -0.1) is 0 Å². The number of benzene rings is 4. The van der Waals surface area contributed by atoms with Gasteiger partial charge in [0.1, 0.15) is 11.2 Å². The summed E-state index contributed by atoms with van der Waals surface area (Å²) in [5, 5.41) is 5.65. The van der Waals surface area contributed by atoms with Crippen molar-refractivity contribution in [1.29, 1.82) is 0 Å². The highest BCUT2D eigenvalue weighted by molar-refractivity contribution is 6.09. The van der Waals surface area contributed by atoms with Crippen LogP contribution in [0.25, 0.3) is 33.1 Å². The van der Waals surface area contributed by atoms with Gasteiger partial charge in [0, 0.05) is 22.0 Å². The maximum absolute atomic E-state index is 6.15. The molecule has 5 rings (SSSR count). The molecule has 0 atom stereocenters. The molecular formula is C24H18N2O. The fourth-order valence-electron chi connectivity index (χ4n) is 3.47. The van der Waals surface area contributed by atoms with Gasteiger partial charge >= 0.3 is 0 Å². The fourth-order valence-corrected chi connectivity index (χ4v) is 3.47. The summed E-state index contributed by atoms with van der Waals surface area (Å²) in [5.74, 6) is 0. The van der Waals surface area contributed by atoms with Gasteiger partial charge in [-0.3, -0.25) is 0 Å². The second-order valence-electron chi connectivity index (χ2n) is 6.57. The van der Waals surface area contributed by atoms with Crippen molar-refractivity contribution in [2.75, 3.05) is 11.1 Å². The highest BCUT2D eigenvalue weighted by Gasteiger charge is 2.11. The van der Waals surface area contributed by atoms with E-state index in [9.17, 15) is 0 Å². The summed E-state index contributed by atoms with van der Waals surface area (Å²) in [6, 6.07) is 30.5. The molecule has 0 saturated carbocycles. The first-order valence-corrected chi connectivity index (χ1v) is 8.92. The van der Waals surface area contributed by atoms with Gasteiger partial charge in [-0.05, 0) is 35.9 Å². The van der Waals surface area contributed by atoms with E-state index in [2.05, 4.69) is 53.8 Å². The van der Waals surface area contributed by atoms with E-state index in [1.54, 1.807) is 0 Å². The van der Waals surface area contributed by atoms with Gasteiger partial charge in [0.2, 0.25) is 0 Å². The van der Waals surface area contributed by atoms with Gasteiger partial charge in [0.15, 0.2) is 0 Å². The Morgan fingerprint density at radius 1 is 0.667 bits per heavy atom. The van der Waals surface area contributed by atoms with Crippen molar-refractivity contribution in [2.45, 2.75) is 0 Å². The zero-order valence-electron chi connectivity index (χ0n) is 14.6. The van der Waals surface area contributed by atoms with Gasteiger partial charge in [0.05, 0.1) is 11.4 Å². The van der Waals surface area contributed by atoms with Crippen LogP contribution in [-0.2, 0) is 0 Å². The molecule has 1 aromatic heterocycles. The highest BCUT2D eigenvalue weighted by Crippen LogP contribution is 2.36. The Morgan fingerprint density at radius 2 is 1.41 bits per heavy atom. The summed E-state index contributed by atoms with van der Waals surface area (Å²) >= 11 is 0. The molecule has 0 fully saturated rings. The molecule has 0 amide bonds. The smallest absolute Gasteiger partial charge is 0.143 e. The zero-order valence-corrected chi connectivity index (χ0v) is 14.6. The van der Waals surface area contributed by atoms with E-state index in [4.69, 9.17) is 10.2 Å². The predicted molar refractivity (Wildman–Crippen MR) is 113 cm³/mol. The molecule has 0 bridgehead atoms. The van der Waals surface area contributed by atoms with Crippen LogP contribution in [0, 0.1) is 0 Å². The van der Waals surface area contributed by atoms with E-state index in [1.165, 1.54) is 0 Å². The molecule has 0 spiro atoms. The van der Waals surface area contributed by atoms with Crippen molar-refractivity contribution in [1.82, 2.24) is 0 Å². The number of anilines is 3. The summed E-state index contributed by atoms with van der Waals surface area (Å²) in [4.78, 5) is 0. The summed E-state index contributed by atoms with van der Waals surface area (Å²) in [5.41, 5.74) is 12.7. The Bertz CT molecular complexity index is 1250. The lowest BCUT2D eigenvalue weighted by molar-refractivity contribution is 0.670. The number of rotatable bonds is 3. The normalized spacial score (nSPS) is 11.1. The molecule has 0 radical (unpaired) electrons. The average molecular weight is 350 g/mol. The topological polar surface area (TPSA) is 51.2 Å². The number of furan rings is 1. The molecule has 5 aromatic rings. The first-order valence-electron chi connectivity index (χ1n) is 8.92. The Morgan fingerprint density at radius 3 is 2.26 bits per heavy atom. The third-order valence-corrected chi connectivity index (χ3v) is 4.84. The quantitative estimate of drug-likeness (QED) is 0.361. The molecular weight excluding hydrogens is 332 g/mol. The fraction of sp³-hybridized carbons (Fsp3) is 0. The number of nitrogen functional groups attached to an aromatic ring is 1. The van der Waals surface area contributed by atoms with Crippen LogP contribution in [0.15, 0.2) is 95.4 Å². The number of hydrogen-bond acceptors (Lipinski definition) is 3. The Labute approximate surface area is 157 Å². The largest absolute Gasteiger partial charge is 0.455 e. The van der Waals surface area contributed by atoms with Crippen LogP contribution in [0.4, 0.5) is 17.1 Å². The van der Waals surface area contributed by atoms with E-state index < -0.39 is 0 Å². The van der Waals surface area contributed by atoms with E-state index in [1.807, 2.05) is 42.5 Å². The number of hydrogen-bond donors (Lipinski definition) is 2. The Balaban J connectivity index is 1.54. The van der Waals surface area contributed by atoms with Crippen LogP contribution in [-0.4, -0.2) is 0 Å². The second kappa shape index (κ2) is 6.22. The van der Waals surface area contributed by atoms with Gasteiger partial charge in [0.25, 0.3) is 0 Å². The minimum absolute atomic E-state index is 0.730. The van der Waals surface area contributed by atoms with E-state index in [0.717, 1.165) is 50.1 Å². The molecule has 3 nitrogen and oxygen atoms in total. The minimum atomic E-state index is 0.730. The lowest BCUT2D eigenvalue weighted by Gasteiger charge is -2.10. The minimum Gasteiger partial charge on any atom is -0.455 e. The van der Waals surface area contributed by atoms with E-state index >= 15 is 0 Å². The first kappa shape index (κ1) is 15.5. The number of fused-ring (bicyclic) bond motifs is 3. The molecule has 0 aliphatic carbocycles. The maximum Gasteiger partial charge on any atom is 0.143 e. The van der Waals surface area contributed by atoms with Crippen LogP contribution in [0.1, 0.15) is 0 Å². The van der Waals surface area contributed by atoms with Crippen molar-refractivity contribution >= 4 is 39.0 Å². The first-order chi connectivity index (χ1) is 13.3. The number of para-hydroxylation sites is 4. The molecule has 130 valence electrons. The molecule has 0 aliphatic heterocycles. The van der Waals surface area contributed by atoms with Gasteiger partial charge in [-0.1, -0.05) is 60.7 Å². The zero-order chi connectivity index (χ0) is 18.2. The Kier molecular flexibility index (Phi) is 3.58.